The Labute approximate surface area is 184 Å². The Kier molecular flexibility index (Phi) is 6.38. The lowest BCUT2D eigenvalue weighted by Crippen LogP contribution is -1.97. The number of aliphatic imine (C=N–C) groups is 1. The average Bonchev–Trinajstić information content (AvgIpc) is 3.29. The summed E-state index contributed by atoms with van der Waals surface area (Å²) in [7, 11) is 0. The smallest absolute Gasteiger partial charge is 0.258 e. The van der Waals surface area contributed by atoms with Gasteiger partial charge in [-0.25, -0.2) is 4.99 Å². The summed E-state index contributed by atoms with van der Waals surface area (Å²) in [6.07, 6.45) is 1.61. The van der Waals surface area contributed by atoms with Gasteiger partial charge in [-0.15, -0.1) is 10.2 Å². The second-order valence-corrected chi connectivity index (χ2v) is 6.73. The van der Waals surface area contributed by atoms with Gasteiger partial charge < -0.3 is 0 Å². The van der Waals surface area contributed by atoms with Gasteiger partial charge in [-0.05, 0) is 35.9 Å². The molecular weight excluding hydrogens is 402 g/mol. The summed E-state index contributed by atoms with van der Waals surface area (Å²) in [4.78, 5) is 16.1. The number of rotatable bonds is 4. The Morgan fingerprint density at radius 2 is 1.25 bits per heavy atom. The molecule has 7 nitrogen and oxygen atoms in total. The fourth-order valence-corrected chi connectivity index (χ4v) is 2.95. The highest BCUT2D eigenvalue weighted by Crippen LogP contribution is 2.26. The molecule has 1 aromatic heterocycles. The fourth-order valence-electron chi connectivity index (χ4n) is 2.95. The van der Waals surface area contributed by atoms with Gasteiger partial charge in [0.1, 0.15) is 16.7 Å². The third kappa shape index (κ3) is 5.09. The van der Waals surface area contributed by atoms with Crippen LogP contribution in [0.2, 0.25) is 0 Å². The van der Waals surface area contributed by atoms with Crippen molar-refractivity contribution < 1.29 is 4.92 Å². The van der Waals surface area contributed by atoms with Crippen LogP contribution in [0.5, 0.6) is 0 Å². The van der Waals surface area contributed by atoms with Crippen molar-refractivity contribution in [3.63, 3.8) is 0 Å². The summed E-state index contributed by atoms with van der Waals surface area (Å²) in [6, 6.07) is 33.6. The van der Waals surface area contributed by atoms with Gasteiger partial charge in [-0.2, -0.15) is 4.80 Å². The summed E-state index contributed by atoms with van der Waals surface area (Å²) in [5, 5.41) is 19.5. The predicted molar refractivity (Wildman–Crippen MR) is 126 cm³/mol. The number of fused-ring (bicyclic) bond motifs is 1. The molecule has 0 radical (unpaired) electrons. The Morgan fingerprint density at radius 1 is 0.719 bits per heavy atom. The largest absolute Gasteiger partial charge is 0.294 e. The van der Waals surface area contributed by atoms with Crippen molar-refractivity contribution in [1.82, 2.24) is 15.0 Å². The van der Waals surface area contributed by atoms with E-state index in [1.807, 2.05) is 84.9 Å². The molecule has 4 aromatic carbocycles. The lowest BCUT2D eigenvalue weighted by molar-refractivity contribution is -0.384. The third-order valence-corrected chi connectivity index (χ3v) is 4.50. The Bertz CT molecular complexity index is 1320. The number of benzene rings is 4. The lowest BCUT2D eigenvalue weighted by Gasteiger charge is -1.96. The van der Waals surface area contributed by atoms with E-state index in [0.29, 0.717) is 5.69 Å². The zero-order chi connectivity index (χ0) is 22.2. The minimum Gasteiger partial charge on any atom is -0.258 e. The molecule has 7 heteroatoms. The molecule has 32 heavy (non-hydrogen) atoms. The van der Waals surface area contributed by atoms with Crippen LogP contribution in [0.25, 0.3) is 16.7 Å². The number of hydrogen-bond donors (Lipinski definition) is 0. The number of nitrogens with zero attached hydrogens (tertiary/aromatic N) is 5. The van der Waals surface area contributed by atoms with Crippen molar-refractivity contribution in [3.8, 4) is 5.69 Å². The van der Waals surface area contributed by atoms with E-state index in [1.165, 1.54) is 6.07 Å². The Morgan fingerprint density at radius 3 is 1.88 bits per heavy atom. The topological polar surface area (TPSA) is 86.2 Å². The first-order chi connectivity index (χ1) is 15.7. The molecule has 0 unspecified atom stereocenters. The molecule has 0 fully saturated rings. The third-order valence-electron chi connectivity index (χ3n) is 4.50. The van der Waals surface area contributed by atoms with Crippen molar-refractivity contribution in [3.05, 3.63) is 125 Å². The summed E-state index contributed by atoms with van der Waals surface area (Å²) in [5.74, 6) is 0. The van der Waals surface area contributed by atoms with Crippen LogP contribution in [0.15, 0.2) is 114 Å². The molecule has 0 spiro atoms. The van der Waals surface area contributed by atoms with Gasteiger partial charge in [0, 0.05) is 12.3 Å². The van der Waals surface area contributed by atoms with Crippen LogP contribution in [0.3, 0.4) is 0 Å². The number of nitro benzene ring substituents is 1. The van der Waals surface area contributed by atoms with E-state index in [-0.39, 0.29) is 5.69 Å². The Balaban J connectivity index is 0.000000154. The van der Waals surface area contributed by atoms with Gasteiger partial charge in [0.05, 0.1) is 10.6 Å². The quantitative estimate of drug-likeness (QED) is 0.210. The van der Waals surface area contributed by atoms with E-state index < -0.39 is 4.92 Å². The zero-order valence-corrected chi connectivity index (χ0v) is 17.0. The van der Waals surface area contributed by atoms with Gasteiger partial charge >= 0.3 is 0 Å². The number of nitro groups is 1. The Hall–Kier alpha value is -4.65. The van der Waals surface area contributed by atoms with Crippen LogP contribution >= 0.6 is 0 Å². The predicted octanol–water partition coefficient (Wildman–Crippen LogP) is 5.77. The van der Waals surface area contributed by atoms with E-state index in [9.17, 15) is 10.1 Å². The summed E-state index contributed by atoms with van der Waals surface area (Å²) in [6.45, 7) is 0. The van der Waals surface area contributed by atoms with Gasteiger partial charge in [0.25, 0.3) is 5.69 Å². The van der Waals surface area contributed by atoms with Crippen molar-refractivity contribution in [2.45, 2.75) is 0 Å². The van der Waals surface area contributed by atoms with E-state index in [0.717, 1.165) is 22.3 Å². The van der Waals surface area contributed by atoms with Crippen molar-refractivity contribution in [2.75, 3.05) is 0 Å². The van der Waals surface area contributed by atoms with Crippen LogP contribution in [-0.2, 0) is 0 Å². The number of aromatic nitrogens is 3. The molecule has 0 saturated heterocycles. The molecule has 0 amide bonds. The normalized spacial score (nSPS) is 10.6. The van der Waals surface area contributed by atoms with Gasteiger partial charge in [0.2, 0.25) is 0 Å². The molecule has 5 aromatic rings. The second-order valence-electron chi connectivity index (χ2n) is 6.73. The molecule has 156 valence electrons. The van der Waals surface area contributed by atoms with Crippen LogP contribution in [0, 0.1) is 10.1 Å². The van der Waals surface area contributed by atoms with Crippen molar-refractivity contribution in [1.29, 1.82) is 0 Å². The van der Waals surface area contributed by atoms with Crippen molar-refractivity contribution in [2.24, 2.45) is 4.99 Å². The van der Waals surface area contributed by atoms with E-state index in [1.54, 1.807) is 29.2 Å². The molecule has 0 aliphatic rings. The number of para-hydroxylation sites is 3. The summed E-state index contributed by atoms with van der Waals surface area (Å²) < 4.78 is 0. The molecule has 0 atom stereocenters. The lowest BCUT2D eigenvalue weighted by atomic mass is 10.2. The highest BCUT2D eigenvalue weighted by atomic mass is 16.6. The molecule has 0 bridgehead atoms. The minimum absolute atomic E-state index is 0.0136. The zero-order valence-electron chi connectivity index (χ0n) is 17.0. The maximum absolute atomic E-state index is 10.8. The van der Waals surface area contributed by atoms with Crippen LogP contribution in [0.1, 0.15) is 5.56 Å². The van der Waals surface area contributed by atoms with Crippen LogP contribution in [0.4, 0.5) is 11.4 Å². The molecule has 0 N–H and O–H groups in total. The van der Waals surface area contributed by atoms with Crippen molar-refractivity contribution >= 4 is 28.6 Å². The standard InChI is InChI=1S/C13H10N2O2.C12H9N3/c16-15(17)13-9-5-4-8-12(13)14-10-11-6-2-1-3-7-11;1-2-6-10(7-3-1)15-13-11-8-4-5-9-12(11)14-15/h1-10H;1-9H. The maximum Gasteiger partial charge on any atom is 0.294 e. The van der Waals surface area contributed by atoms with Crippen LogP contribution < -0.4 is 0 Å². The van der Waals surface area contributed by atoms with E-state index in [4.69, 9.17) is 0 Å². The van der Waals surface area contributed by atoms with Gasteiger partial charge in [-0.1, -0.05) is 72.8 Å². The molecule has 1 heterocycles. The summed E-state index contributed by atoms with van der Waals surface area (Å²) >= 11 is 0. The molecule has 0 aliphatic carbocycles. The van der Waals surface area contributed by atoms with Gasteiger partial charge in [-0.3, -0.25) is 10.1 Å². The highest BCUT2D eigenvalue weighted by Gasteiger charge is 2.10. The maximum atomic E-state index is 10.8. The monoisotopic (exact) mass is 421 g/mol. The summed E-state index contributed by atoms with van der Waals surface area (Å²) in [5.41, 5.74) is 4.10. The first kappa shape index (κ1) is 20.6. The average molecular weight is 421 g/mol. The second kappa shape index (κ2) is 9.90. The van der Waals surface area contributed by atoms with Crippen LogP contribution in [-0.4, -0.2) is 26.1 Å². The van der Waals surface area contributed by atoms with E-state index >= 15 is 0 Å². The molecular formula is C25H19N5O2. The fraction of sp³-hybridized carbons (Fsp3) is 0. The SMILES string of the molecule is O=[N+]([O-])c1ccccc1N=Cc1ccccc1.c1ccc(-n2nc3ccccc3n2)cc1. The number of hydrogen-bond acceptors (Lipinski definition) is 5. The first-order valence-corrected chi connectivity index (χ1v) is 9.91. The van der Waals surface area contributed by atoms with E-state index in [2.05, 4.69) is 15.2 Å². The molecule has 0 saturated carbocycles. The first-order valence-electron chi connectivity index (χ1n) is 9.91. The molecule has 0 aliphatic heterocycles. The molecule has 5 rings (SSSR count). The van der Waals surface area contributed by atoms with Gasteiger partial charge in [0.15, 0.2) is 0 Å². The minimum atomic E-state index is -0.433. The highest BCUT2D eigenvalue weighted by molar-refractivity contribution is 5.83.